The third kappa shape index (κ3) is 22.5. The highest BCUT2D eigenvalue weighted by Gasteiger charge is 2.33. The van der Waals surface area contributed by atoms with Crippen LogP contribution in [0, 0.1) is 0 Å². The number of benzene rings is 10. The van der Waals surface area contributed by atoms with Crippen LogP contribution in [0.4, 0.5) is 28.4 Å². The van der Waals surface area contributed by atoms with Crippen molar-refractivity contribution in [2.75, 3.05) is 260 Å². The van der Waals surface area contributed by atoms with Gasteiger partial charge in [0.05, 0.1) is 32.7 Å². The van der Waals surface area contributed by atoms with Crippen LogP contribution < -0.4 is 54.4 Å². The van der Waals surface area contributed by atoms with E-state index in [1.807, 2.05) is 144 Å². The van der Waals surface area contributed by atoms with Gasteiger partial charge in [-0.25, -0.2) is 0 Å². The van der Waals surface area contributed by atoms with E-state index in [-0.39, 0.29) is 78.1 Å². The largest absolute Gasteiger partial charge is 0.340 e. The van der Waals surface area contributed by atoms with E-state index in [9.17, 15) is 52.7 Å². The summed E-state index contributed by atoms with van der Waals surface area (Å²) in [6.07, 6.45) is 5.86. The summed E-state index contributed by atoms with van der Waals surface area (Å²) in [7, 11) is 16.6. The van der Waals surface area contributed by atoms with Gasteiger partial charge in [-0.3, -0.25) is 82.1 Å². The fourth-order valence-electron chi connectivity index (χ4n) is 23.0. The van der Waals surface area contributed by atoms with Crippen LogP contribution in [0.3, 0.4) is 0 Å². The molecule has 10 N–H and O–H groups in total. The summed E-state index contributed by atoms with van der Waals surface area (Å²) in [5.74, 6) is 0.0734. The number of aromatic amines is 5. The molecule has 0 atom stereocenters. The number of nitrogens with one attached hydrogen (secondary N) is 10. The van der Waals surface area contributed by atoms with Crippen molar-refractivity contribution < 1.29 is 28.8 Å². The first-order valence-corrected chi connectivity index (χ1v) is 51.4. The van der Waals surface area contributed by atoms with Crippen LogP contribution >= 0.6 is 0 Å². The average Bonchev–Trinajstić information content (AvgIpc) is 1.60. The van der Waals surface area contributed by atoms with Gasteiger partial charge in [0.15, 0.2) is 0 Å². The predicted molar refractivity (Wildman–Crippen MR) is 602 cm³/mol. The lowest BCUT2D eigenvalue weighted by molar-refractivity contribution is -0.131. The maximum atomic E-state index is 12.9. The molecule has 0 unspecified atom stereocenters. The van der Waals surface area contributed by atoms with Crippen molar-refractivity contribution in [2.45, 2.75) is 66.7 Å². The molecule has 4 saturated heterocycles. The van der Waals surface area contributed by atoms with Gasteiger partial charge in [0.1, 0.15) is 0 Å². The topological polar surface area (TPSA) is 366 Å². The van der Waals surface area contributed by atoms with Crippen molar-refractivity contribution in [1.82, 2.24) is 83.7 Å². The number of amides is 6. The van der Waals surface area contributed by atoms with Gasteiger partial charge in [-0.2, -0.15) is 0 Å². The molecule has 0 spiro atoms. The summed E-state index contributed by atoms with van der Waals surface area (Å²) in [6.45, 7) is 24.0. The van der Waals surface area contributed by atoms with Gasteiger partial charge in [0.2, 0.25) is 35.4 Å². The fraction of sp³-hybridized carbons (Fsp3) is 0.388. The first kappa shape index (κ1) is 105. The average molecular weight is 2020 g/mol. The van der Waals surface area contributed by atoms with Gasteiger partial charge in [-0.15, -0.1) is 0 Å². The number of carbonyl (C=O) groups is 6. The van der Waals surface area contributed by atoms with Crippen molar-refractivity contribution in [3.63, 3.8) is 0 Å². The molecule has 5 aromatic heterocycles. The molecule has 778 valence electrons. The van der Waals surface area contributed by atoms with Gasteiger partial charge in [0, 0.05) is 294 Å². The lowest BCUT2D eigenvalue weighted by Crippen LogP contribution is -2.49. The Morgan fingerprint density at radius 1 is 0.282 bits per heavy atom. The molecule has 0 saturated carbocycles. The maximum absolute atomic E-state index is 12.9. The maximum Gasteiger partial charge on any atom is 0.256 e. The molecule has 9 aliphatic rings. The van der Waals surface area contributed by atoms with E-state index >= 15 is 0 Å². The minimum absolute atomic E-state index is 0. The second-order valence-corrected chi connectivity index (χ2v) is 41.6. The van der Waals surface area contributed by atoms with E-state index in [1.165, 1.54) is 6.42 Å². The van der Waals surface area contributed by atoms with Crippen molar-refractivity contribution in [1.29, 1.82) is 0 Å². The zero-order valence-corrected chi connectivity index (χ0v) is 85.3. The van der Waals surface area contributed by atoms with Crippen LogP contribution in [-0.2, 0) is 60.9 Å². The summed E-state index contributed by atoms with van der Waals surface area (Å²) in [6, 6.07) is 48.2. The van der Waals surface area contributed by atoms with E-state index in [0.29, 0.717) is 76.1 Å². The Hall–Kier alpha value is -14.1. The van der Waals surface area contributed by atoms with Crippen LogP contribution in [0.2, 0.25) is 0 Å². The Kier molecular flexibility index (Phi) is 31.8. The molecule has 9 heterocycles. The number of likely N-dealkylation sites (N-methyl/N-ethyl adjacent to an activating group) is 3. The van der Waals surface area contributed by atoms with Crippen molar-refractivity contribution in [3.05, 3.63) is 259 Å². The smallest absolute Gasteiger partial charge is 0.256 e. The molecule has 33 nitrogen and oxygen atoms in total. The third-order valence-corrected chi connectivity index (χ3v) is 30.6. The molecule has 33 heteroatoms. The van der Waals surface area contributed by atoms with Crippen LogP contribution in [0.25, 0.3) is 108 Å². The standard InChI is InChI=1S/C25H31N5O2.C24H29N5O2.C22H22N4O3.C22H26N4O2.C21H22N4O2.2CH4/c1-28(2)9-4-10-29-11-13-30(14-12-29)16-22(31)26-20-7-8-21-24-19(20)15-17-5-3-6-18(23(17)24)25(32)27-21;1-27(2)8-9-28-10-12-29(13-11-28)15-21(30)25-19-6-7-20-23-18(19)14-16-4-3-5-17(22(16)23)24(31)26-20;1-13(27)26-9-7-25(8-10-26)12-19(28)23-17-5-6-18-21-16(17)11-14-3-2-4-15(20(14)21)22(29)24-18;1-25(2)10-5-11-26(3)13-19(27)23-17-8-9-18-21-16(17)12-14-6-4-7-15(20(14)21)22(28)24-18;1-24-7-9-25(10-8-24)12-18(26)22-16-5-6-17-20-15(16)11-13-3-2-4-14(19(13)20)21(27)23-17;;/h3,5-8H,4,9-16H2,1-2H3,(H,26,31)(H,27,32);3-7H,8-15H2,1-2H3,(H,25,30)(H,26,31);2-6H,7-12H2,1H3,(H,23,28)(H,24,29);4,6-9H,5,10-13H2,1-3H3,(H,23,27)(H,24,28);2-6H,7-12H2,1H3,(H,22,26)(H,23,27);2*1H4. The SMILES string of the molecule is C.C.CC(=O)N1CCN(CC(=O)Nc2ccc3[nH]c(=O)c4cccc5c4c3c2C5)CC1.CN(C)CCCN(C)CC(=O)Nc1ccc2[nH]c(=O)c3cccc4c3c2c1C4.CN(C)CCCN1CCN(CC(=O)Nc2ccc3[nH]c(=O)c4cccc5c4c3c2C5)CC1.CN(C)CCN1CCN(CC(=O)Nc2ccc3[nH]c(=O)c4cccc5c4c3c2C5)CC1.CN1CCN(CC(=O)Nc2ccc3[nH]c(=O)c4cccc5c4c3c2C5)CC1. The van der Waals surface area contributed by atoms with Gasteiger partial charge in [0.25, 0.3) is 27.8 Å². The molecule has 0 radical (unpaired) electrons. The molecular formula is C116H138N22O11. The first-order valence-electron chi connectivity index (χ1n) is 51.4. The second-order valence-electron chi connectivity index (χ2n) is 41.6. The lowest BCUT2D eigenvalue weighted by atomic mass is 10.1. The monoisotopic (exact) mass is 2020 g/mol. The highest BCUT2D eigenvalue weighted by atomic mass is 16.2. The van der Waals surface area contributed by atoms with E-state index in [4.69, 9.17) is 0 Å². The van der Waals surface area contributed by atoms with Crippen molar-refractivity contribution >= 4 is 172 Å². The number of nitrogens with zero attached hydrogens (tertiary/aromatic N) is 12. The predicted octanol–water partition coefficient (Wildman–Crippen LogP) is 10.9. The number of rotatable bonds is 26. The van der Waals surface area contributed by atoms with E-state index in [1.54, 1.807) is 6.92 Å². The Labute approximate surface area is 865 Å². The zero-order chi connectivity index (χ0) is 102. The van der Waals surface area contributed by atoms with E-state index in [2.05, 4.69) is 174 Å². The number of aromatic nitrogens is 5. The molecule has 149 heavy (non-hydrogen) atoms. The number of H-pyrrole nitrogens is 5. The minimum atomic E-state index is -0.0799. The van der Waals surface area contributed by atoms with Crippen LogP contribution in [0.15, 0.2) is 176 Å². The van der Waals surface area contributed by atoms with Gasteiger partial charge >= 0.3 is 0 Å². The van der Waals surface area contributed by atoms with E-state index in [0.717, 1.165) is 332 Å². The molecule has 6 amide bonds. The molecule has 4 fully saturated rings. The summed E-state index contributed by atoms with van der Waals surface area (Å²) in [4.78, 5) is 178. The Morgan fingerprint density at radius 3 is 0.805 bits per heavy atom. The van der Waals surface area contributed by atoms with Crippen LogP contribution in [0.5, 0.6) is 0 Å². The molecular weight excluding hydrogens is 1880 g/mol. The number of anilines is 5. The summed E-state index contributed by atoms with van der Waals surface area (Å²) >= 11 is 0. The van der Waals surface area contributed by atoms with Gasteiger partial charge in [-0.1, -0.05) is 75.5 Å². The van der Waals surface area contributed by atoms with E-state index < -0.39 is 0 Å². The lowest BCUT2D eigenvalue weighted by Gasteiger charge is -2.34. The highest BCUT2D eigenvalue weighted by molar-refractivity contribution is 6.19. The molecule has 5 aliphatic carbocycles. The highest BCUT2D eigenvalue weighted by Crippen LogP contribution is 2.46. The summed E-state index contributed by atoms with van der Waals surface area (Å²) < 4.78 is 0. The molecule has 10 aromatic carbocycles. The quantitative estimate of drug-likeness (QED) is 0.0225. The fourth-order valence-corrected chi connectivity index (χ4v) is 23.0. The normalized spacial score (nSPS) is 15.7. The first-order chi connectivity index (χ1) is 71.0. The number of hydrogen-bond acceptors (Lipinski definition) is 22. The molecule has 4 aliphatic heterocycles. The Morgan fingerprint density at radius 2 is 0.530 bits per heavy atom. The second kappa shape index (κ2) is 45.2. The van der Waals surface area contributed by atoms with Crippen LogP contribution in [0.1, 0.15) is 90.3 Å². The van der Waals surface area contributed by atoms with Gasteiger partial charge < -0.3 is 80.9 Å². The third-order valence-electron chi connectivity index (χ3n) is 30.6. The number of pyridine rings is 5. The number of hydrogen-bond donors (Lipinski definition) is 10. The Balaban J connectivity index is 0.000000121. The molecule has 0 bridgehead atoms. The summed E-state index contributed by atoms with van der Waals surface area (Å²) in [5.41, 5.74) is 19.2. The zero-order valence-electron chi connectivity index (χ0n) is 85.3. The molecule has 15 aromatic rings. The number of carbonyl (C=O) groups excluding carboxylic acids is 6. The number of piperazine rings is 4. The van der Waals surface area contributed by atoms with Gasteiger partial charge in [-0.05, 0) is 242 Å². The van der Waals surface area contributed by atoms with Crippen molar-refractivity contribution in [3.8, 4) is 0 Å². The summed E-state index contributed by atoms with van der Waals surface area (Å²) in [5, 5.41) is 29.5. The van der Waals surface area contributed by atoms with Crippen LogP contribution in [-0.4, -0.2) is 352 Å². The van der Waals surface area contributed by atoms with Crippen molar-refractivity contribution in [2.24, 2.45) is 0 Å². The Bertz CT molecular complexity index is 8070. The minimum Gasteiger partial charge on any atom is -0.340 e. The molecule has 24 rings (SSSR count).